The molecule has 2 amide bonds. The zero-order valence-electron chi connectivity index (χ0n) is 16.6. The predicted octanol–water partition coefficient (Wildman–Crippen LogP) is 4.83. The number of nitrogens with zero attached hydrogens (tertiary/aromatic N) is 1. The van der Waals surface area contributed by atoms with Gasteiger partial charge in [0.2, 0.25) is 0 Å². The number of hydrogen-bond acceptors (Lipinski definition) is 3. The summed E-state index contributed by atoms with van der Waals surface area (Å²) in [6.45, 7) is 3.55. The summed E-state index contributed by atoms with van der Waals surface area (Å²) in [6, 6.07) is 27.1. The largest absolute Gasteiger partial charge is 0.490 e. The minimum Gasteiger partial charge on any atom is -0.490 e. The molecule has 3 aromatic carbocycles. The molecular formula is C24H26N2O3. The van der Waals surface area contributed by atoms with Gasteiger partial charge in [0.1, 0.15) is 0 Å². The lowest BCUT2D eigenvalue weighted by Gasteiger charge is -2.23. The average Bonchev–Trinajstić information content (AvgIpc) is 2.76. The molecular weight excluding hydrogens is 364 g/mol. The smallest absolute Gasteiger partial charge is 0.320 e. The van der Waals surface area contributed by atoms with E-state index in [9.17, 15) is 4.79 Å². The third kappa shape index (κ3) is 6.28. The molecule has 0 aliphatic rings. The monoisotopic (exact) mass is 390 g/mol. The zero-order chi connectivity index (χ0) is 20.3. The SMILES string of the molecule is CCOc1ccccc1OCNC(=O)N(Cc1ccccc1)Cc1ccccc1. The second-order valence-corrected chi connectivity index (χ2v) is 6.48. The lowest BCUT2D eigenvalue weighted by atomic mass is 10.2. The predicted molar refractivity (Wildman–Crippen MR) is 114 cm³/mol. The highest BCUT2D eigenvalue weighted by molar-refractivity contribution is 5.74. The van der Waals surface area contributed by atoms with Crippen LogP contribution in [-0.2, 0) is 13.1 Å². The first kappa shape index (κ1) is 20.3. The summed E-state index contributed by atoms with van der Waals surface area (Å²) < 4.78 is 11.3. The van der Waals surface area contributed by atoms with Gasteiger partial charge in [-0.05, 0) is 30.2 Å². The Labute approximate surface area is 171 Å². The highest BCUT2D eigenvalue weighted by atomic mass is 16.5. The van der Waals surface area contributed by atoms with Crippen LogP contribution in [0.1, 0.15) is 18.1 Å². The molecule has 0 unspecified atom stereocenters. The van der Waals surface area contributed by atoms with Gasteiger partial charge in [-0.15, -0.1) is 0 Å². The van der Waals surface area contributed by atoms with Gasteiger partial charge in [-0.2, -0.15) is 0 Å². The number of para-hydroxylation sites is 2. The Morgan fingerprint density at radius 1 is 0.759 bits per heavy atom. The summed E-state index contributed by atoms with van der Waals surface area (Å²) in [4.78, 5) is 14.6. The summed E-state index contributed by atoms with van der Waals surface area (Å²) in [5.41, 5.74) is 2.14. The van der Waals surface area contributed by atoms with Gasteiger partial charge in [0.25, 0.3) is 0 Å². The van der Waals surface area contributed by atoms with E-state index >= 15 is 0 Å². The maximum atomic E-state index is 12.9. The van der Waals surface area contributed by atoms with Crippen LogP contribution in [0.4, 0.5) is 4.79 Å². The quantitative estimate of drug-likeness (QED) is 0.532. The van der Waals surface area contributed by atoms with Crippen molar-refractivity contribution in [2.45, 2.75) is 20.0 Å². The van der Waals surface area contributed by atoms with Crippen molar-refractivity contribution in [1.82, 2.24) is 10.2 Å². The molecule has 0 spiro atoms. The van der Waals surface area contributed by atoms with Crippen molar-refractivity contribution in [2.75, 3.05) is 13.3 Å². The van der Waals surface area contributed by atoms with Gasteiger partial charge in [-0.3, -0.25) is 0 Å². The van der Waals surface area contributed by atoms with Crippen molar-refractivity contribution in [1.29, 1.82) is 0 Å². The third-order valence-electron chi connectivity index (χ3n) is 4.32. The molecule has 3 rings (SSSR count). The van der Waals surface area contributed by atoms with Crippen LogP contribution in [0.5, 0.6) is 11.5 Å². The van der Waals surface area contributed by atoms with Gasteiger partial charge in [0, 0.05) is 13.1 Å². The fourth-order valence-corrected chi connectivity index (χ4v) is 2.94. The number of carbonyl (C=O) groups excluding carboxylic acids is 1. The minimum absolute atomic E-state index is 0.0585. The lowest BCUT2D eigenvalue weighted by Crippen LogP contribution is -2.40. The molecule has 0 saturated carbocycles. The number of nitrogens with one attached hydrogen (secondary N) is 1. The molecule has 0 saturated heterocycles. The number of carbonyl (C=O) groups is 1. The summed E-state index contributed by atoms with van der Waals surface area (Å²) in [5, 5.41) is 2.85. The van der Waals surface area contributed by atoms with Crippen molar-refractivity contribution >= 4 is 6.03 Å². The number of amides is 2. The van der Waals surface area contributed by atoms with Crippen LogP contribution in [0.15, 0.2) is 84.9 Å². The molecule has 0 atom stereocenters. The molecule has 0 bridgehead atoms. The first-order valence-electron chi connectivity index (χ1n) is 9.71. The molecule has 0 radical (unpaired) electrons. The molecule has 5 heteroatoms. The first-order chi connectivity index (χ1) is 14.3. The van der Waals surface area contributed by atoms with Crippen molar-refractivity contribution < 1.29 is 14.3 Å². The van der Waals surface area contributed by atoms with Crippen LogP contribution in [-0.4, -0.2) is 24.3 Å². The Kier molecular flexibility index (Phi) is 7.52. The van der Waals surface area contributed by atoms with E-state index in [1.165, 1.54) is 0 Å². The van der Waals surface area contributed by atoms with E-state index in [2.05, 4.69) is 5.32 Å². The normalized spacial score (nSPS) is 10.2. The van der Waals surface area contributed by atoms with Gasteiger partial charge in [0.15, 0.2) is 18.2 Å². The van der Waals surface area contributed by atoms with Crippen LogP contribution in [0.2, 0.25) is 0 Å². The molecule has 0 aliphatic carbocycles. The minimum atomic E-state index is -0.188. The van der Waals surface area contributed by atoms with E-state index in [0.29, 0.717) is 31.2 Å². The van der Waals surface area contributed by atoms with Crippen LogP contribution in [0, 0.1) is 0 Å². The van der Waals surface area contributed by atoms with E-state index < -0.39 is 0 Å². The Morgan fingerprint density at radius 3 is 1.76 bits per heavy atom. The van der Waals surface area contributed by atoms with Crippen LogP contribution >= 0.6 is 0 Å². The van der Waals surface area contributed by atoms with E-state index in [1.54, 1.807) is 4.90 Å². The maximum Gasteiger partial charge on any atom is 0.320 e. The standard InChI is InChI=1S/C24H26N2O3/c1-2-28-22-15-9-10-16-23(22)29-19-25-24(27)26(17-20-11-5-3-6-12-20)18-21-13-7-4-8-14-21/h3-16H,2,17-19H2,1H3,(H,25,27). The number of urea groups is 1. The second-order valence-electron chi connectivity index (χ2n) is 6.48. The zero-order valence-corrected chi connectivity index (χ0v) is 16.6. The Balaban J connectivity index is 1.63. The van der Waals surface area contributed by atoms with Gasteiger partial charge >= 0.3 is 6.03 Å². The summed E-state index contributed by atoms with van der Waals surface area (Å²) in [6.07, 6.45) is 0. The van der Waals surface area contributed by atoms with Gasteiger partial charge < -0.3 is 19.7 Å². The highest BCUT2D eigenvalue weighted by Gasteiger charge is 2.15. The Bertz CT molecular complexity index is 843. The molecule has 3 aromatic rings. The fourth-order valence-electron chi connectivity index (χ4n) is 2.94. The molecule has 0 aromatic heterocycles. The molecule has 150 valence electrons. The number of benzene rings is 3. The van der Waals surface area contributed by atoms with Crippen molar-refractivity contribution in [3.8, 4) is 11.5 Å². The van der Waals surface area contributed by atoms with Crippen LogP contribution in [0.3, 0.4) is 0 Å². The van der Waals surface area contributed by atoms with E-state index in [4.69, 9.17) is 9.47 Å². The number of ether oxygens (including phenoxy) is 2. The number of hydrogen-bond donors (Lipinski definition) is 1. The van der Waals surface area contributed by atoms with Crippen LogP contribution < -0.4 is 14.8 Å². The van der Waals surface area contributed by atoms with E-state index in [-0.39, 0.29) is 12.8 Å². The molecule has 5 nitrogen and oxygen atoms in total. The summed E-state index contributed by atoms with van der Waals surface area (Å²) in [5.74, 6) is 1.27. The average molecular weight is 390 g/mol. The van der Waals surface area contributed by atoms with E-state index in [1.807, 2.05) is 91.9 Å². The van der Waals surface area contributed by atoms with Crippen LogP contribution in [0.25, 0.3) is 0 Å². The highest BCUT2D eigenvalue weighted by Crippen LogP contribution is 2.26. The maximum absolute atomic E-state index is 12.9. The first-order valence-corrected chi connectivity index (χ1v) is 9.71. The topological polar surface area (TPSA) is 50.8 Å². The molecule has 1 N–H and O–H groups in total. The lowest BCUT2D eigenvalue weighted by molar-refractivity contribution is 0.177. The van der Waals surface area contributed by atoms with E-state index in [0.717, 1.165) is 11.1 Å². The number of rotatable bonds is 9. The summed E-state index contributed by atoms with van der Waals surface area (Å²) in [7, 11) is 0. The van der Waals surface area contributed by atoms with Crippen molar-refractivity contribution in [2.24, 2.45) is 0 Å². The second kappa shape index (κ2) is 10.8. The molecule has 29 heavy (non-hydrogen) atoms. The van der Waals surface area contributed by atoms with Gasteiger partial charge in [-0.25, -0.2) is 4.79 Å². The molecule has 0 aliphatic heterocycles. The molecule has 0 fully saturated rings. The Hall–Kier alpha value is -3.47. The fraction of sp³-hybridized carbons (Fsp3) is 0.208. The Morgan fingerprint density at radius 2 is 1.24 bits per heavy atom. The van der Waals surface area contributed by atoms with Crippen molar-refractivity contribution in [3.63, 3.8) is 0 Å². The van der Waals surface area contributed by atoms with Gasteiger partial charge in [-0.1, -0.05) is 72.8 Å². The third-order valence-corrected chi connectivity index (χ3v) is 4.32. The van der Waals surface area contributed by atoms with Crippen molar-refractivity contribution in [3.05, 3.63) is 96.1 Å². The van der Waals surface area contributed by atoms with Gasteiger partial charge in [0.05, 0.1) is 6.61 Å². The summed E-state index contributed by atoms with van der Waals surface area (Å²) >= 11 is 0. The molecule has 0 heterocycles.